The van der Waals surface area contributed by atoms with Crippen LogP contribution in [0.5, 0.6) is 0 Å². The third-order valence-electron chi connectivity index (χ3n) is 3.27. The number of methoxy groups -OCH3 is 1. The fraction of sp³-hybridized carbons (Fsp3) is 0.462. The van der Waals surface area contributed by atoms with Crippen LogP contribution in [0.2, 0.25) is 5.28 Å². The number of hydrogen-bond donors (Lipinski definition) is 0. The first-order valence-electron chi connectivity index (χ1n) is 6.89. The largest absolute Gasteiger partial charge is 0.468 e. The fourth-order valence-electron chi connectivity index (χ4n) is 2.17. The van der Waals surface area contributed by atoms with Crippen molar-refractivity contribution in [2.24, 2.45) is 0 Å². The molecule has 0 spiro atoms. The number of hydrogen-bond acceptors (Lipinski definition) is 9. The number of carbonyl (C=O) groups is 1. The molecule has 3 rings (SSSR count). The monoisotopic (exact) mass is 355 g/mol. The van der Waals surface area contributed by atoms with E-state index in [0.717, 1.165) is 0 Å². The molecule has 0 bridgehead atoms. The van der Waals surface area contributed by atoms with Crippen molar-refractivity contribution in [3.8, 4) is 0 Å². The Balaban J connectivity index is 2.00. The molecule has 0 atom stereocenters. The molecule has 0 aliphatic carbocycles. The zero-order valence-electron chi connectivity index (χ0n) is 12.4. The number of ether oxygens (including phenoxy) is 2. The Morgan fingerprint density at radius 1 is 1.35 bits per heavy atom. The number of thioether (sulfide) groups is 1. The first-order valence-corrected chi connectivity index (χ1v) is 8.26. The molecule has 3 heterocycles. The Kier molecular flexibility index (Phi) is 5.09. The first-order chi connectivity index (χ1) is 11.2. The maximum absolute atomic E-state index is 11.3. The van der Waals surface area contributed by atoms with E-state index in [2.05, 4.69) is 29.6 Å². The van der Waals surface area contributed by atoms with Gasteiger partial charge in [-0.3, -0.25) is 4.79 Å². The summed E-state index contributed by atoms with van der Waals surface area (Å²) in [5.74, 6) is 0.456. The Morgan fingerprint density at radius 3 is 2.87 bits per heavy atom. The van der Waals surface area contributed by atoms with Crippen LogP contribution in [-0.2, 0) is 14.3 Å². The number of nitrogens with zero attached hydrogens (tertiary/aromatic N) is 5. The molecule has 1 saturated heterocycles. The zero-order valence-corrected chi connectivity index (χ0v) is 13.9. The summed E-state index contributed by atoms with van der Waals surface area (Å²) in [7, 11) is 1.34. The SMILES string of the molecule is COC(=O)CSc1ncnc2c(N3CCOCC3)nc(Cl)nc12. The van der Waals surface area contributed by atoms with Crippen LogP contribution >= 0.6 is 23.4 Å². The molecule has 0 unspecified atom stereocenters. The minimum absolute atomic E-state index is 0.119. The van der Waals surface area contributed by atoms with E-state index in [1.807, 2.05) is 0 Å². The quantitative estimate of drug-likeness (QED) is 0.347. The van der Waals surface area contributed by atoms with Crippen LogP contribution in [0.4, 0.5) is 5.82 Å². The van der Waals surface area contributed by atoms with Gasteiger partial charge in [0, 0.05) is 13.1 Å². The molecule has 8 nitrogen and oxygen atoms in total. The summed E-state index contributed by atoms with van der Waals surface area (Å²) in [6, 6.07) is 0. The minimum atomic E-state index is -0.338. The number of carbonyl (C=O) groups excluding carboxylic acids is 1. The van der Waals surface area contributed by atoms with Gasteiger partial charge in [0.25, 0.3) is 0 Å². The summed E-state index contributed by atoms with van der Waals surface area (Å²) >= 11 is 7.30. The highest BCUT2D eigenvalue weighted by Gasteiger charge is 2.20. The van der Waals surface area contributed by atoms with Gasteiger partial charge in [0.2, 0.25) is 5.28 Å². The van der Waals surface area contributed by atoms with E-state index in [1.165, 1.54) is 25.2 Å². The molecular weight excluding hydrogens is 342 g/mol. The molecule has 2 aromatic heterocycles. The number of aromatic nitrogens is 4. The van der Waals surface area contributed by atoms with E-state index in [9.17, 15) is 4.79 Å². The molecule has 23 heavy (non-hydrogen) atoms. The lowest BCUT2D eigenvalue weighted by Crippen LogP contribution is -2.37. The van der Waals surface area contributed by atoms with Crippen molar-refractivity contribution in [1.29, 1.82) is 0 Å². The van der Waals surface area contributed by atoms with Crippen molar-refractivity contribution >= 4 is 46.2 Å². The maximum atomic E-state index is 11.3. The topological polar surface area (TPSA) is 90.3 Å². The molecule has 122 valence electrons. The molecule has 0 radical (unpaired) electrons. The second-order valence-corrected chi connectivity index (χ2v) is 5.96. The number of esters is 1. The minimum Gasteiger partial charge on any atom is -0.468 e. The summed E-state index contributed by atoms with van der Waals surface area (Å²) < 4.78 is 10.0. The Hall–Kier alpha value is -1.71. The van der Waals surface area contributed by atoms with Crippen molar-refractivity contribution in [2.75, 3.05) is 44.1 Å². The zero-order chi connectivity index (χ0) is 16.2. The number of morpholine rings is 1. The van der Waals surface area contributed by atoms with Crippen molar-refractivity contribution in [1.82, 2.24) is 19.9 Å². The van der Waals surface area contributed by atoms with Gasteiger partial charge in [-0.2, -0.15) is 4.98 Å². The molecule has 10 heteroatoms. The number of fused-ring (bicyclic) bond motifs is 1. The van der Waals surface area contributed by atoms with Gasteiger partial charge < -0.3 is 14.4 Å². The Morgan fingerprint density at radius 2 is 2.13 bits per heavy atom. The van der Waals surface area contributed by atoms with Gasteiger partial charge in [-0.1, -0.05) is 11.8 Å². The fourth-order valence-corrected chi connectivity index (χ4v) is 3.11. The highest BCUT2D eigenvalue weighted by atomic mass is 35.5. The van der Waals surface area contributed by atoms with Crippen LogP contribution in [0.3, 0.4) is 0 Å². The molecule has 0 N–H and O–H groups in total. The van der Waals surface area contributed by atoms with Crippen LogP contribution in [0.1, 0.15) is 0 Å². The second-order valence-electron chi connectivity index (χ2n) is 4.66. The normalized spacial score (nSPS) is 15.0. The summed E-state index contributed by atoms with van der Waals surface area (Å²) in [6.07, 6.45) is 1.43. The van der Waals surface area contributed by atoms with Crippen LogP contribution in [-0.4, -0.2) is 65.1 Å². The van der Waals surface area contributed by atoms with E-state index in [1.54, 1.807) is 0 Å². The maximum Gasteiger partial charge on any atom is 0.316 e. The van der Waals surface area contributed by atoms with Gasteiger partial charge in [-0.15, -0.1) is 0 Å². The molecule has 1 aliphatic rings. The van der Waals surface area contributed by atoms with E-state index < -0.39 is 0 Å². The van der Waals surface area contributed by atoms with Gasteiger partial charge in [-0.05, 0) is 11.6 Å². The third-order valence-corrected chi connectivity index (χ3v) is 4.39. The lowest BCUT2D eigenvalue weighted by Gasteiger charge is -2.28. The Bertz CT molecular complexity index is 726. The van der Waals surface area contributed by atoms with Gasteiger partial charge in [0.1, 0.15) is 22.4 Å². The smallest absolute Gasteiger partial charge is 0.316 e. The number of anilines is 1. The van der Waals surface area contributed by atoms with Crippen molar-refractivity contribution < 1.29 is 14.3 Å². The van der Waals surface area contributed by atoms with Crippen molar-refractivity contribution in [3.63, 3.8) is 0 Å². The van der Waals surface area contributed by atoms with Gasteiger partial charge in [0.15, 0.2) is 5.82 Å². The summed E-state index contributed by atoms with van der Waals surface area (Å²) in [5.41, 5.74) is 1.14. The van der Waals surface area contributed by atoms with Crippen LogP contribution < -0.4 is 4.90 Å². The molecule has 1 aliphatic heterocycles. The molecule has 2 aromatic rings. The van der Waals surface area contributed by atoms with Crippen LogP contribution in [0, 0.1) is 0 Å². The van der Waals surface area contributed by atoms with Crippen LogP contribution in [0.25, 0.3) is 11.0 Å². The highest BCUT2D eigenvalue weighted by Crippen LogP contribution is 2.29. The van der Waals surface area contributed by atoms with Crippen molar-refractivity contribution in [3.05, 3.63) is 11.6 Å². The standard InChI is InChI=1S/C13H14ClN5O3S/c1-21-8(20)6-23-12-10-9(15-7-16-12)11(18-13(14)17-10)19-2-4-22-5-3-19/h7H,2-6H2,1H3. The summed E-state index contributed by atoms with van der Waals surface area (Å²) in [4.78, 5) is 30.4. The van der Waals surface area contributed by atoms with Gasteiger partial charge >= 0.3 is 5.97 Å². The predicted octanol–water partition coefficient (Wildman–Crippen LogP) is 1.17. The van der Waals surface area contributed by atoms with E-state index in [4.69, 9.17) is 16.3 Å². The number of halogens is 1. The molecule has 0 aromatic carbocycles. The van der Waals surface area contributed by atoms with Crippen LogP contribution in [0.15, 0.2) is 11.4 Å². The van der Waals surface area contributed by atoms with Crippen molar-refractivity contribution in [2.45, 2.75) is 5.03 Å². The van der Waals surface area contributed by atoms with E-state index >= 15 is 0 Å². The average molecular weight is 356 g/mol. The summed E-state index contributed by atoms with van der Waals surface area (Å²) in [5, 5.41) is 0.688. The summed E-state index contributed by atoms with van der Waals surface area (Å²) in [6.45, 7) is 2.66. The van der Waals surface area contributed by atoms with Gasteiger partial charge in [-0.25, -0.2) is 15.0 Å². The second kappa shape index (κ2) is 7.24. The third kappa shape index (κ3) is 3.62. The van der Waals surface area contributed by atoms with Gasteiger partial charge in [0.05, 0.1) is 26.1 Å². The van der Waals surface area contributed by atoms with E-state index in [0.29, 0.717) is 48.2 Å². The molecule has 0 amide bonds. The van der Waals surface area contributed by atoms with E-state index in [-0.39, 0.29) is 17.0 Å². The lowest BCUT2D eigenvalue weighted by molar-refractivity contribution is -0.137. The molecule has 0 saturated carbocycles. The predicted molar refractivity (Wildman–Crippen MR) is 85.9 cm³/mol. The average Bonchev–Trinajstić information content (AvgIpc) is 2.59. The lowest BCUT2D eigenvalue weighted by atomic mass is 10.3. The molecular formula is C13H14ClN5O3S. The molecule has 1 fully saturated rings. The first kappa shape index (κ1) is 16.2. The Labute approximate surface area is 141 Å². The number of rotatable bonds is 4. The highest BCUT2D eigenvalue weighted by molar-refractivity contribution is 8.00.